The largest absolute Gasteiger partial charge is 0.488 e. The highest BCUT2D eigenvalue weighted by atomic mass is 32.1. The third kappa shape index (κ3) is 4.92. The molecule has 34 heavy (non-hydrogen) atoms. The van der Waals surface area contributed by atoms with Crippen LogP contribution in [0, 0.1) is 11.3 Å². The second-order valence-electron chi connectivity index (χ2n) is 7.50. The van der Waals surface area contributed by atoms with Gasteiger partial charge in [-0.1, -0.05) is 66.7 Å². The molecule has 0 unspecified atom stereocenters. The van der Waals surface area contributed by atoms with E-state index in [1.54, 1.807) is 13.0 Å². The Balaban J connectivity index is 1.77. The number of thiocarbonyl (C=S) groups is 1. The molecular weight excluding hydrogens is 446 g/mol. The van der Waals surface area contributed by atoms with Gasteiger partial charge < -0.3 is 20.1 Å². The molecular formula is C27H23N3O3S. The van der Waals surface area contributed by atoms with Gasteiger partial charge in [0.15, 0.2) is 5.11 Å². The van der Waals surface area contributed by atoms with Crippen LogP contribution in [0.1, 0.15) is 35.2 Å². The van der Waals surface area contributed by atoms with Crippen molar-refractivity contribution in [3.8, 4) is 11.8 Å². The summed E-state index contributed by atoms with van der Waals surface area (Å²) < 4.78 is 11.6. The fraction of sp³-hybridized carbons (Fsp3) is 0.148. The van der Waals surface area contributed by atoms with E-state index in [9.17, 15) is 10.1 Å². The molecule has 0 fully saturated rings. The summed E-state index contributed by atoms with van der Waals surface area (Å²) in [6.45, 7) is 2.22. The Bertz CT molecular complexity index is 1280. The van der Waals surface area contributed by atoms with E-state index in [4.69, 9.17) is 21.7 Å². The summed E-state index contributed by atoms with van der Waals surface area (Å²) in [5, 5.41) is 16.1. The molecule has 1 aliphatic heterocycles. The van der Waals surface area contributed by atoms with E-state index in [0.29, 0.717) is 27.7 Å². The summed E-state index contributed by atoms with van der Waals surface area (Å²) in [5.41, 5.74) is 3.89. The normalized spacial score (nSPS) is 15.1. The molecule has 0 spiro atoms. The molecule has 1 aliphatic rings. The van der Waals surface area contributed by atoms with Crippen LogP contribution in [0.25, 0.3) is 5.70 Å². The van der Waals surface area contributed by atoms with Crippen LogP contribution in [0.2, 0.25) is 0 Å². The van der Waals surface area contributed by atoms with Crippen LogP contribution >= 0.6 is 12.2 Å². The van der Waals surface area contributed by atoms with Gasteiger partial charge in [-0.3, -0.25) is 0 Å². The van der Waals surface area contributed by atoms with E-state index in [-0.39, 0.29) is 13.2 Å². The van der Waals surface area contributed by atoms with Crippen molar-refractivity contribution in [1.82, 2.24) is 10.6 Å². The first kappa shape index (κ1) is 23.0. The summed E-state index contributed by atoms with van der Waals surface area (Å²) in [5.74, 6) is 0.130. The average Bonchev–Trinajstić information content (AvgIpc) is 2.88. The van der Waals surface area contributed by atoms with Crippen molar-refractivity contribution in [2.45, 2.75) is 19.6 Å². The molecule has 0 saturated heterocycles. The van der Waals surface area contributed by atoms with Gasteiger partial charge >= 0.3 is 5.97 Å². The third-order valence-corrected chi connectivity index (χ3v) is 5.60. The van der Waals surface area contributed by atoms with Gasteiger partial charge in [0.25, 0.3) is 0 Å². The monoisotopic (exact) mass is 469 g/mol. The molecule has 0 aliphatic carbocycles. The lowest BCUT2D eigenvalue weighted by Gasteiger charge is -2.32. The number of nitrogens with one attached hydrogen (secondary N) is 2. The Morgan fingerprint density at radius 3 is 2.50 bits per heavy atom. The fourth-order valence-corrected chi connectivity index (χ4v) is 4.04. The van der Waals surface area contributed by atoms with Crippen molar-refractivity contribution in [3.63, 3.8) is 0 Å². The lowest BCUT2D eigenvalue weighted by molar-refractivity contribution is -0.138. The van der Waals surface area contributed by atoms with Crippen molar-refractivity contribution in [2.24, 2.45) is 0 Å². The lowest BCUT2D eigenvalue weighted by atomic mass is 9.92. The molecule has 1 atom stereocenters. The molecule has 0 amide bonds. The number of carbonyl (C=O) groups excluding carboxylic acids is 1. The third-order valence-electron chi connectivity index (χ3n) is 5.38. The number of esters is 1. The standard InChI is InChI=1S/C27H23N3O3S/c1-2-32-26(31)23-24(18-10-4-3-5-11-18)29-27(34)30-25(23)21-14-8-9-15-22(21)33-17-20-13-7-6-12-19(20)16-28/h3-15,25H,2,17H2,1H3,(H2,29,30,34)/t25-/m0/s1. The number of hydrogen-bond donors (Lipinski definition) is 2. The van der Waals surface area contributed by atoms with Crippen molar-refractivity contribution < 1.29 is 14.3 Å². The van der Waals surface area contributed by atoms with E-state index in [0.717, 1.165) is 16.7 Å². The molecule has 1 heterocycles. The highest BCUT2D eigenvalue weighted by Gasteiger charge is 2.34. The summed E-state index contributed by atoms with van der Waals surface area (Å²) in [6.07, 6.45) is 0. The second kappa shape index (κ2) is 10.6. The molecule has 0 radical (unpaired) electrons. The van der Waals surface area contributed by atoms with Gasteiger partial charge in [-0.05, 0) is 36.8 Å². The molecule has 3 aromatic rings. The van der Waals surface area contributed by atoms with Crippen LogP contribution in [-0.4, -0.2) is 17.7 Å². The van der Waals surface area contributed by atoms with E-state index in [1.807, 2.05) is 72.8 Å². The van der Waals surface area contributed by atoms with Crippen LogP contribution in [-0.2, 0) is 16.1 Å². The topological polar surface area (TPSA) is 83.4 Å². The van der Waals surface area contributed by atoms with Gasteiger partial charge in [-0.2, -0.15) is 5.26 Å². The van der Waals surface area contributed by atoms with Gasteiger partial charge in [0.1, 0.15) is 12.4 Å². The Morgan fingerprint density at radius 1 is 1.03 bits per heavy atom. The van der Waals surface area contributed by atoms with Crippen molar-refractivity contribution >= 4 is 29.0 Å². The maximum atomic E-state index is 13.2. The van der Waals surface area contributed by atoms with Gasteiger partial charge in [0.05, 0.1) is 35.6 Å². The summed E-state index contributed by atoms with van der Waals surface area (Å²) in [6, 6.07) is 25.9. The number of nitriles is 1. The SMILES string of the molecule is CCOC(=O)C1=C(c2ccccc2)NC(=S)N[C@H]1c1ccccc1OCc1ccccc1C#N. The van der Waals surface area contributed by atoms with E-state index in [1.165, 1.54) is 0 Å². The zero-order valence-corrected chi connectivity index (χ0v) is 19.4. The molecule has 170 valence electrons. The smallest absolute Gasteiger partial charge is 0.338 e. The maximum Gasteiger partial charge on any atom is 0.338 e. The van der Waals surface area contributed by atoms with Crippen LogP contribution in [0.15, 0.2) is 84.4 Å². The highest BCUT2D eigenvalue weighted by molar-refractivity contribution is 7.80. The predicted molar refractivity (Wildman–Crippen MR) is 134 cm³/mol. The van der Waals surface area contributed by atoms with E-state index in [2.05, 4.69) is 16.7 Å². The predicted octanol–water partition coefficient (Wildman–Crippen LogP) is 4.63. The number of benzene rings is 3. The van der Waals surface area contributed by atoms with Crippen molar-refractivity contribution in [1.29, 1.82) is 5.26 Å². The summed E-state index contributed by atoms with van der Waals surface area (Å²) in [7, 11) is 0. The fourth-order valence-electron chi connectivity index (χ4n) is 3.82. The Labute approximate surface area is 203 Å². The molecule has 2 N–H and O–H groups in total. The van der Waals surface area contributed by atoms with Crippen LogP contribution in [0.4, 0.5) is 0 Å². The molecule has 7 heteroatoms. The van der Waals surface area contributed by atoms with Gasteiger partial charge in [-0.25, -0.2) is 4.79 Å². The number of nitrogens with zero attached hydrogens (tertiary/aromatic N) is 1. The minimum Gasteiger partial charge on any atom is -0.488 e. The van der Waals surface area contributed by atoms with E-state index >= 15 is 0 Å². The first-order valence-corrected chi connectivity index (χ1v) is 11.3. The minimum absolute atomic E-state index is 0.208. The van der Waals surface area contributed by atoms with Gasteiger partial charge in [0, 0.05) is 11.1 Å². The lowest BCUT2D eigenvalue weighted by Crippen LogP contribution is -2.45. The van der Waals surface area contributed by atoms with Crippen molar-refractivity contribution in [3.05, 3.63) is 107 Å². The minimum atomic E-state index is -0.592. The maximum absolute atomic E-state index is 13.2. The van der Waals surface area contributed by atoms with Gasteiger partial charge in [0.2, 0.25) is 0 Å². The zero-order valence-electron chi connectivity index (χ0n) is 18.6. The first-order valence-electron chi connectivity index (χ1n) is 10.9. The average molecular weight is 470 g/mol. The zero-order chi connectivity index (χ0) is 23.9. The van der Waals surface area contributed by atoms with Crippen LogP contribution in [0.3, 0.4) is 0 Å². The first-order chi connectivity index (χ1) is 16.6. The van der Waals surface area contributed by atoms with Gasteiger partial charge in [-0.15, -0.1) is 0 Å². The van der Waals surface area contributed by atoms with Crippen molar-refractivity contribution in [2.75, 3.05) is 6.61 Å². The number of carbonyl (C=O) groups is 1. The molecule has 0 saturated carbocycles. The van der Waals surface area contributed by atoms with Crippen LogP contribution in [0.5, 0.6) is 5.75 Å². The summed E-state index contributed by atoms with van der Waals surface area (Å²) in [4.78, 5) is 13.2. The number of rotatable bonds is 7. The Morgan fingerprint density at radius 2 is 1.74 bits per heavy atom. The molecule has 0 bridgehead atoms. The summed E-state index contributed by atoms with van der Waals surface area (Å²) >= 11 is 5.50. The number of ether oxygens (including phenoxy) is 2. The highest BCUT2D eigenvalue weighted by Crippen LogP contribution is 2.36. The van der Waals surface area contributed by atoms with E-state index < -0.39 is 12.0 Å². The molecule has 6 nitrogen and oxygen atoms in total. The second-order valence-corrected chi connectivity index (χ2v) is 7.91. The molecule has 3 aromatic carbocycles. The number of para-hydroxylation sites is 1. The number of hydrogen-bond acceptors (Lipinski definition) is 5. The Hall–Kier alpha value is -4.15. The Kier molecular flexibility index (Phi) is 7.21. The molecule has 4 rings (SSSR count). The van der Waals surface area contributed by atoms with Crippen LogP contribution < -0.4 is 15.4 Å². The quantitative estimate of drug-likeness (QED) is 0.386. The molecule has 0 aromatic heterocycles.